The Labute approximate surface area is 94.3 Å². The summed E-state index contributed by atoms with van der Waals surface area (Å²) in [6.07, 6.45) is 0.400. The minimum absolute atomic E-state index is 0.104. The third-order valence-corrected chi connectivity index (χ3v) is 2.22. The van der Waals surface area contributed by atoms with Gasteiger partial charge in [-0.1, -0.05) is 12.1 Å². The number of non-ortho nitro benzene ring substituents is 1. The minimum atomic E-state index is -0.412. The van der Waals surface area contributed by atoms with Gasteiger partial charge < -0.3 is 10.4 Å². The molecule has 0 amide bonds. The van der Waals surface area contributed by atoms with E-state index >= 15 is 0 Å². The zero-order chi connectivity index (χ0) is 12.0. The van der Waals surface area contributed by atoms with Crippen molar-refractivity contribution in [3.63, 3.8) is 0 Å². The Kier molecular flexibility index (Phi) is 4.88. The standard InChI is InChI=1S/C11H16N2O3/c1-9(14)6-7-12-8-10-2-4-11(5-3-10)13(15)16/h2-5,9,12,14H,6-8H2,1H3. The Balaban J connectivity index is 2.35. The molecule has 0 fully saturated rings. The second-order valence-electron chi connectivity index (χ2n) is 3.74. The van der Waals surface area contributed by atoms with E-state index in [4.69, 9.17) is 5.11 Å². The zero-order valence-corrected chi connectivity index (χ0v) is 9.22. The van der Waals surface area contributed by atoms with Gasteiger partial charge in [0.05, 0.1) is 11.0 Å². The lowest BCUT2D eigenvalue weighted by Gasteiger charge is -2.06. The van der Waals surface area contributed by atoms with E-state index in [0.717, 1.165) is 12.1 Å². The summed E-state index contributed by atoms with van der Waals surface area (Å²) in [5.41, 5.74) is 1.10. The van der Waals surface area contributed by atoms with Crippen LogP contribution in [-0.2, 0) is 6.54 Å². The van der Waals surface area contributed by atoms with Crippen molar-refractivity contribution in [2.75, 3.05) is 6.54 Å². The van der Waals surface area contributed by atoms with Crippen LogP contribution < -0.4 is 5.32 Å². The van der Waals surface area contributed by atoms with Crippen molar-refractivity contribution in [2.24, 2.45) is 0 Å². The van der Waals surface area contributed by atoms with Gasteiger partial charge in [-0.15, -0.1) is 0 Å². The van der Waals surface area contributed by atoms with Crippen LogP contribution in [0.1, 0.15) is 18.9 Å². The number of nitrogens with one attached hydrogen (secondary N) is 1. The van der Waals surface area contributed by atoms with Crippen molar-refractivity contribution in [2.45, 2.75) is 26.0 Å². The third-order valence-electron chi connectivity index (χ3n) is 2.22. The van der Waals surface area contributed by atoms with Gasteiger partial charge in [-0.3, -0.25) is 10.1 Å². The molecule has 2 N–H and O–H groups in total. The Morgan fingerprint density at radius 2 is 2.06 bits per heavy atom. The molecule has 1 aromatic rings. The van der Waals surface area contributed by atoms with Crippen molar-refractivity contribution in [3.05, 3.63) is 39.9 Å². The van der Waals surface area contributed by atoms with Crippen LogP contribution in [0.3, 0.4) is 0 Å². The molecule has 1 atom stereocenters. The molecule has 88 valence electrons. The average molecular weight is 224 g/mol. The van der Waals surface area contributed by atoms with Crippen molar-refractivity contribution in [1.82, 2.24) is 5.32 Å². The van der Waals surface area contributed by atoms with Gasteiger partial charge in [0.2, 0.25) is 0 Å². The first-order valence-electron chi connectivity index (χ1n) is 5.21. The van der Waals surface area contributed by atoms with Crippen molar-refractivity contribution in [1.29, 1.82) is 0 Å². The zero-order valence-electron chi connectivity index (χ0n) is 9.22. The number of rotatable bonds is 6. The third kappa shape index (κ3) is 4.37. The molecule has 1 unspecified atom stereocenters. The van der Waals surface area contributed by atoms with Gasteiger partial charge in [0.15, 0.2) is 0 Å². The summed E-state index contributed by atoms with van der Waals surface area (Å²) in [5, 5.41) is 22.6. The Morgan fingerprint density at radius 1 is 1.44 bits per heavy atom. The van der Waals surface area contributed by atoms with Crippen LogP contribution in [0, 0.1) is 10.1 Å². The Hall–Kier alpha value is -1.46. The molecule has 0 aliphatic heterocycles. The van der Waals surface area contributed by atoms with Crippen LogP contribution in [0.2, 0.25) is 0 Å². The van der Waals surface area contributed by atoms with E-state index in [-0.39, 0.29) is 11.8 Å². The highest BCUT2D eigenvalue weighted by Crippen LogP contribution is 2.11. The van der Waals surface area contributed by atoms with Gasteiger partial charge in [0.1, 0.15) is 0 Å². The maximum atomic E-state index is 10.4. The fourth-order valence-corrected chi connectivity index (χ4v) is 1.28. The molecular formula is C11H16N2O3. The van der Waals surface area contributed by atoms with Crippen molar-refractivity contribution < 1.29 is 10.0 Å². The molecule has 0 aromatic heterocycles. The summed E-state index contributed by atoms with van der Waals surface area (Å²) in [7, 11) is 0. The first-order valence-corrected chi connectivity index (χ1v) is 5.21. The van der Waals surface area contributed by atoms with Crippen LogP contribution in [0.15, 0.2) is 24.3 Å². The van der Waals surface area contributed by atoms with E-state index in [1.54, 1.807) is 19.1 Å². The lowest BCUT2D eigenvalue weighted by molar-refractivity contribution is -0.384. The van der Waals surface area contributed by atoms with E-state index in [0.29, 0.717) is 13.0 Å². The summed E-state index contributed by atoms with van der Waals surface area (Å²) in [5.74, 6) is 0. The van der Waals surface area contributed by atoms with Crippen molar-refractivity contribution in [3.8, 4) is 0 Å². The monoisotopic (exact) mass is 224 g/mol. The highest BCUT2D eigenvalue weighted by atomic mass is 16.6. The van der Waals surface area contributed by atoms with E-state index in [1.165, 1.54) is 12.1 Å². The number of aliphatic hydroxyl groups is 1. The summed E-state index contributed by atoms with van der Waals surface area (Å²) in [6.45, 7) is 3.13. The largest absolute Gasteiger partial charge is 0.393 e. The van der Waals surface area contributed by atoms with E-state index in [2.05, 4.69) is 5.32 Å². The smallest absolute Gasteiger partial charge is 0.269 e. The SMILES string of the molecule is CC(O)CCNCc1ccc([N+](=O)[O-])cc1. The lowest BCUT2D eigenvalue weighted by Crippen LogP contribution is -2.18. The normalized spacial score (nSPS) is 12.4. The van der Waals surface area contributed by atoms with Crippen LogP contribution in [-0.4, -0.2) is 22.7 Å². The molecule has 0 spiro atoms. The minimum Gasteiger partial charge on any atom is -0.393 e. The van der Waals surface area contributed by atoms with Crippen LogP contribution in [0.5, 0.6) is 0 Å². The predicted molar refractivity (Wildman–Crippen MR) is 61.1 cm³/mol. The molecule has 0 heterocycles. The highest BCUT2D eigenvalue weighted by Gasteiger charge is 2.03. The first-order chi connectivity index (χ1) is 7.59. The summed E-state index contributed by atoms with van der Waals surface area (Å²) >= 11 is 0. The Bertz CT molecular complexity index is 336. The van der Waals surface area contributed by atoms with Crippen LogP contribution >= 0.6 is 0 Å². The molecule has 1 aromatic carbocycles. The molecule has 0 aliphatic carbocycles. The van der Waals surface area contributed by atoms with Gasteiger partial charge in [-0.25, -0.2) is 0 Å². The average Bonchev–Trinajstić information content (AvgIpc) is 2.25. The van der Waals surface area contributed by atoms with Gasteiger partial charge in [-0.2, -0.15) is 0 Å². The molecular weight excluding hydrogens is 208 g/mol. The fourth-order valence-electron chi connectivity index (χ4n) is 1.28. The van der Waals surface area contributed by atoms with Gasteiger partial charge in [-0.05, 0) is 25.5 Å². The second-order valence-corrected chi connectivity index (χ2v) is 3.74. The fraction of sp³-hybridized carbons (Fsp3) is 0.455. The summed E-state index contributed by atoms with van der Waals surface area (Å²) in [4.78, 5) is 10.00. The second kappa shape index (κ2) is 6.19. The molecule has 0 radical (unpaired) electrons. The molecule has 16 heavy (non-hydrogen) atoms. The van der Waals surface area contributed by atoms with Crippen molar-refractivity contribution >= 4 is 5.69 Å². The van der Waals surface area contributed by atoms with Crippen LogP contribution in [0.4, 0.5) is 5.69 Å². The lowest BCUT2D eigenvalue weighted by atomic mass is 10.2. The molecule has 5 heteroatoms. The topological polar surface area (TPSA) is 75.4 Å². The number of hydrogen-bond donors (Lipinski definition) is 2. The quantitative estimate of drug-likeness (QED) is 0.435. The summed E-state index contributed by atoms with van der Waals surface area (Å²) < 4.78 is 0. The summed E-state index contributed by atoms with van der Waals surface area (Å²) in [6, 6.07) is 6.44. The number of aliphatic hydroxyl groups excluding tert-OH is 1. The molecule has 0 saturated carbocycles. The molecule has 1 rings (SSSR count). The van der Waals surface area contributed by atoms with Gasteiger partial charge in [0, 0.05) is 18.7 Å². The van der Waals surface area contributed by atoms with E-state index < -0.39 is 4.92 Å². The highest BCUT2D eigenvalue weighted by molar-refractivity contribution is 5.32. The van der Waals surface area contributed by atoms with E-state index in [9.17, 15) is 10.1 Å². The number of benzene rings is 1. The van der Waals surface area contributed by atoms with Crippen LogP contribution in [0.25, 0.3) is 0 Å². The number of nitro groups is 1. The van der Waals surface area contributed by atoms with Gasteiger partial charge in [0.25, 0.3) is 5.69 Å². The molecule has 0 saturated heterocycles. The first kappa shape index (κ1) is 12.6. The van der Waals surface area contributed by atoms with E-state index in [1.807, 2.05) is 0 Å². The maximum Gasteiger partial charge on any atom is 0.269 e. The maximum absolute atomic E-state index is 10.4. The Morgan fingerprint density at radius 3 is 2.56 bits per heavy atom. The molecule has 5 nitrogen and oxygen atoms in total. The number of nitrogens with zero attached hydrogens (tertiary/aromatic N) is 1. The number of hydrogen-bond acceptors (Lipinski definition) is 4. The van der Waals surface area contributed by atoms with Gasteiger partial charge >= 0.3 is 0 Å². The predicted octanol–water partition coefficient (Wildman–Crippen LogP) is 1.46. The molecule has 0 bridgehead atoms. The molecule has 0 aliphatic rings. The number of nitro benzene ring substituents is 1.